The summed E-state index contributed by atoms with van der Waals surface area (Å²) < 4.78 is 205. The van der Waals surface area contributed by atoms with Gasteiger partial charge >= 0.3 is 0 Å². The molecule has 72 heavy (non-hydrogen) atoms. The fraction of sp³-hybridized carbons (Fsp3) is 0.111. The second kappa shape index (κ2) is 19.8. The molecule has 0 spiro atoms. The molecule has 0 bridgehead atoms. The van der Waals surface area contributed by atoms with E-state index >= 15 is 0 Å². The molecule has 0 radical (unpaired) electrons. The van der Waals surface area contributed by atoms with E-state index in [1.165, 1.54) is 50.1 Å². The first-order chi connectivity index (χ1) is 33.1. The maximum absolute atomic E-state index is 12.7. The number of hydrogen-bond donors (Lipinski definition) is 10. The van der Waals surface area contributed by atoms with Crippen LogP contribution in [0, 0.1) is 0 Å². The van der Waals surface area contributed by atoms with Crippen molar-refractivity contribution in [2.45, 2.75) is 29.4 Å². The molecule has 6 rings (SSSR count). The van der Waals surface area contributed by atoms with Crippen LogP contribution in [-0.4, -0.2) is 136 Å². The summed E-state index contributed by atoms with van der Waals surface area (Å²) in [5, 5.41) is 0. The van der Waals surface area contributed by atoms with E-state index in [1.54, 1.807) is 0 Å². The molecule has 0 amide bonds. The zero-order valence-corrected chi connectivity index (χ0v) is 41.6. The Morgan fingerprint density at radius 3 is 1.04 bits per heavy atom. The standard InChI is InChI=1S/C36H36N12O18S6/c1-47(2)35-43-31(41-33(45-35)39-25-13-11-23(67(49,50)51)17-29(25)71(61,62)63)37-21-9-7-19(27(15-21)69(55,56)57)5-6-20-8-10-22(16-28(20)70(58,59)60)38-32-42-34(46-36(44-32)48(3)4)40-26-14-12-24(68(52,53)54)18-30(26)72(64,65)66/h5-18H,1-4H3,(H,49,50,51)(H,52,53,54)(H,55,56,57)(H,58,59,60)(H,61,62,63)(H,64,65,66)(H2,37,39,41,43,45)(H2,38,40,42,44,46)/b6-5+. The zero-order valence-electron chi connectivity index (χ0n) is 36.7. The van der Waals surface area contributed by atoms with Gasteiger partial charge in [-0.25, -0.2) is 20.0 Å². The van der Waals surface area contributed by atoms with E-state index in [1.807, 2.05) is 0 Å². The highest BCUT2D eigenvalue weighted by Crippen LogP contribution is 2.30. The summed E-state index contributed by atoms with van der Waals surface area (Å²) in [7, 11) is -24.2. The summed E-state index contributed by atoms with van der Waals surface area (Å²) >= 11 is 0. The Bertz CT molecular complexity index is 3970. The van der Waals surface area contributed by atoms with E-state index in [4.69, 9.17) is 0 Å². The molecule has 0 saturated heterocycles. The van der Waals surface area contributed by atoms with Gasteiger partial charge in [-0.2, -0.15) is 60.5 Å². The molecule has 384 valence electrons. The molecule has 0 aliphatic heterocycles. The number of nitrogens with one attached hydrogen (secondary N) is 4. The van der Waals surface area contributed by atoms with Gasteiger partial charge < -0.3 is 9.80 Å². The molecule has 2 aromatic heterocycles. The Kier molecular flexibility index (Phi) is 14.9. The molecule has 2 heterocycles. The molecule has 0 aliphatic carbocycles. The average molecular weight is 1120 g/mol. The fourth-order valence-corrected chi connectivity index (χ4v) is 9.80. The van der Waals surface area contributed by atoms with Gasteiger partial charge in [-0.3, -0.25) is 47.3 Å². The molecule has 0 atom stereocenters. The first kappa shape index (κ1) is 54.2. The molecule has 0 aliphatic rings. The third kappa shape index (κ3) is 13.4. The molecule has 0 fully saturated rings. The summed E-state index contributed by atoms with van der Waals surface area (Å²) in [4.78, 5) is 33.2. The first-order valence-electron chi connectivity index (χ1n) is 19.1. The van der Waals surface area contributed by atoms with Crippen LogP contribution in [0.1, 0.15) is 11.1 Å². The summed E-state index contributed by atoms with van der Waals surface area (Å²) in [5.74, 6) is 0.0159. The van der Waals surface area contributed by atoms with Crippen molar-refractivity contribution in [3.63, 3.8) is 0 Å². The largest absolute Gasteiger partial charge is 0.348 e. The Morgan fingerprint density at radius 2 is 0.750 bits per heavy atom. The monoisotopic (exact) mass is 1120 g/mol. The maximum atomic E-state index is 12.7. The lowest BCUT2D eigenvalue weighted by Crippen LogP contribution is -2.30. The predicted octanol–water partition coefficient (Wildman–Crippen LogP) is 0.501. The van der Waals surface area contributed by atoms with Crippen LogP contribution in [-0.2, 0) is 60.7 Å². The number of anilines is 2. The Balaban J connectivity index is 1.42. The van der Waals surface area contributed by atoms with Crippen LogP contribution in [0.4, 0.5) is 34.6 Å². The number of aromatic amines is 4. The normalized spacial score (nSPS) is 14.1. The third-order valence-electron chi connectivity index (χ3n) is 9.13. The summed E-state index contributed by atoms with van der Waals surface area (Å²) in [6.07, 6.45) is 2.14. The van der Waals surface area contributed by atoms with Crippen molar-refractivity contribution in [2.75, 3.05) is 38.0 Å². The molecule has 30 nitrogen and oxygen atoms in total. The first-order valence-corrected chi connectivity index (χ1v) is 27.7. The molecular formula is C36H36N12O18S6. The number of benzene rings is 4. The number of H-pyrrole nitrogens is 4. The SMILES string of the molecule is CN(C)c1nc(=Nc2ccc(/C=C/c3ccc(N=c4nc(N(C)C)[nH]c(=Nc5ccc(S(=O)(=O)O)cc5S(=O)(=O)O)[nH]4)cc3S(=O)(=O)O)c(S(=O)(=O)O)c2)[nH]c(=Nc2ccc(S(=O)(=O)O)cc2S(=O)(=O)O)[nH]1. The second-order valence-corrected chi connectivity index (χ2v) is 23.2. The van der Waals surface area contributed by atoms with E-state index in [2.05, 4.69) is 49.9 Å². The minimum absolute atomic E-state index is 0.00793. The van der Waals surface area contributed by atoms with Crippen molar-refractivity contribution in [1.29, 1.82) is 0 Å². The van der Waals surface area contributed by atoms with Gasteiger partial charge in [-0.1, -0.05) is 24.3 Å². The van der Waals surface area contributed by atoms with Crippen LogP contribution in [0.2, 0.25) is 0 Å². The quantitative estimate of drug-likeness (QED) is 0.0524. The van der Waals surface area contributed by atoms with Gasteiger partial charge in [-0.05, 0) is 71.8 Å². The van der Waals surface area contributed by atoms with E-state index < -0.39 is 101 Å². The lowest BCUT2D eigenvalue weighted by atomic mass is 10.1. The van der Waals surface area contributed by atoms with Gasteiger partial charge in [0.1, 0.15) is 19.6 Å². The molecule has 4 aromatic carbocycles. The molecule has 36 heteroatoms. The van der Waals surface area contributed by atoms with Crippen LogP contribution in [0.5, 0.6) is 0 Å². The van der Waals surface area contributed by atoms with Crippen LogP contribution < -0.4 is 32.3 Å². The highest BCUT2D eigenvalue weighted by Gasteiger charge is 2.23. The number of rotatable bonds is 14. The average Bonchev–Trinajstić information content (AvgIpc) is 3.24. The van der Waals surface area contributed by atoms with Crippen molar-refractivity contribution in [2.24, 2.45) is 20.0 Å². The van der Waals surface area contributed by atoms with Gasteiger partial charge in [-0.15, -0.1) is 0 Å². The van der Waals surface area contributed by atoms with Crippen molar-refractivity contribution < 1.29 is 77.8 Å². The third-order valence-corrected chi connectivity index (χ3v) is 14.4. The van der Waals surface area contributed by atoms with Crippen LogP contribution in [0.25, 0.3) is 12.2 Å². The van der Waals surface area contributed by atoms with Crippen LogP contribution >= 0.6 is 0 Å². The van der Waals surface area contributed by atoms with E-state index in [9.17, 15) is 77.8 Å². The number of aromatic nitrogens is 6. The van der Waals surface area contributed by atoms with Crippen molar-refractivity contribution >= 4 is 108 Å². The van der Waals surface area contributed by atoms with Gasteiger partial charge in [0.25, 0.3) is 60.7 Å². The maximum Gasteiger partial charge on any atom is 0.296 e. The predicted molar refractivity (Wildman–Crippen MR) is 249 cm³/mol. The van der Waals surface area contributed by atoms with E-state index in [0.717, 1.165) is 60.7 Å². The van der Waals surface area contributed by atoms with Crippen LogP contribution in [0.3, 0.4) is 0 Å². The lowest BCUT2D eigenvalue weighted by Gasteiger charge is -2.11. The fourth-order valence-electron chi connectivity index (χ4n) is 5.92. The summed E-state index contributed by atoms with van der Waals surface area (Å²) in [6, 6.07) is 10.8. The van der Waals surface area contributed by atoms with E-state index in [0.29, 0.717) is 12.1 Å². The zero-order chi connectivity index (χ0) is 53.5. The lowest BCUT2D eigenvalue weighted by molar-refractivity contribution is 0.476. The smallest absolute Gasteiger partial charge is 0.296 e. The van der Waals surface area contributed by atoms with Gasteiger partial charge in [0.15, 0.2) is 0 Å². The van der Waals surface area contributed by atoms with Gasteiger partial charge in [0.2, 0.25) is 34.4 Å². The Labute approximate surface area is 406 Å². The van der Waals surface area contributed by atoms with Gasteiger partial charge in [0, 0.05) is 28.2 Å². The Hall–Kier alpha value is -7.10. The molecular weight excluding hydrogens is 1080 g/mol. The second-order valence-electron chi connectivity index (χ2n) is 14.8. The summed E-state index contributed by atoms with van der Waals surface area (Å²) in [5.41, 5.74) is -3.15. The minimum atomic E-state index is -5.13. The molecule has 10 N–H and O–H groups in total. The molecule has 0 unspecified atom stereocenters. The highest BCUT2D eigenvalue weighted by molar-refractivity contribution is 7.87. The molecule has 6 aromatic rings. The van der Waals surface area contributed by atoms with Gasteiger partial charge in [0.05, 0.1) is 32.5 Å². The summed E-state index contributed by atoms with van der Waals surface area (Å²) in [6.45, 7) is 0. The number of nitrogens with zero attached hydrogens (tertiary/aromatic N) is 8. The van der Waals surface area contributed by atoms with Crippen molar-refractivity contribution in [3.05, 3.63) is 106 Å². The number of hydrogen-bond acceptors (Lipinski definition) is 20. The Morgan fingerprint density at radius 1 is 0.417 bits per heavy atom. The van der Waals surface area contributed by atoms with E-state index in [-0.39, 0.29) is 56.9 Å². The minimum Gasteiger partial charge on any atom is -0.348 e. The van der Waals surface area contributed by atoms with Crippen LogP contribution in [0.15, 0.2) is 122 Å². The highest BCUT2D eigenvalue weighted by atomic mass is 32.2. The van der Waals surface area contributed by atoms with Crippen molar-refractivity contribution in [3.8, 4) is 0 Å². The molecule has 0 saturated carbocycles. The van der Waals surface area contributed by atoms with Crippen molar-refractivity contribution in [1.82, 2.24) is 29.9 Å². The topological polar surface area (TPSA) is 471 Å².